The van der Waals surface area contributed by atoms with Gasteiger partial charge >= 0.3 is 0 Å². The smallest absolute Gasteiger partial charge is 0.251 e. The Balaban J connectivity index is 2.13. The zero-order valence-electron chi connectivity index (χ0n) is 13.9. The summed E-state index contributed by atoms with van der Waals surface area (Å²) in [5, 5.41) is 15.1. The summed E-state index contributed by atoms with van der Waals surface area (Å²) in [6, 6.07) is 14.7. The molecule has 2 aromatic carbocycles. The van der Waals surface area contributed by atoms with Crippen molar-refractivity contribution in [3.8, 4) is 0 Å². The lowest BCUT2D eigenvalue weighted by molar-refractivity contribution is -0.123. The number of rotatable bonds is 7. The van der Waals surface area contributed by atoms with Gasteiger partial charge in [-0.15, -0.1) is 0 Å². The van der Waals surface area contributed by atoms with Crippen molar-refractivity contribution in [2.45, 2.75) is 25.4 Å². The molecule has 6 heteroatoms. The molecule has 2 amide bonds. The summed E-state index contributed by atoms with van der Waals surface area (Å²) < 4.78 is 0. The summed E-state index contributed by atoms with van der Waals surface area (Å²) in [6.07, 6.45) is 0.351. The Kier molecular flexibility index (Phi) is 6.98. The van der Waals surface area contributed by atoms with Crippen molar-refractivity contribution in [1.29, 1.82) is 0 Å². The van der Waals surface area contributed by atoms with E-state index in [1.54, 1.807) is 31.2 Å². The lowest BCUT2D eigenvalue weighted by Gasteiger charge is -2.21. The van der Waals surface area contributed by atoms with Crippen molar-refractivity contribution >= 4 is 23.4 Å². The first-order valence-corrected chi connectivity index (χ1v) is 8.39. The molecule has 25 heavy (non-hydrogen) atoms. The normalized spacial score (nSPS) is 12.9. The molecule has 0 aliphatic rings. The van der Waals surface area contributed by atoms with E-state index in [1.165, 1.54) is 0 Å². The highest BCUT2D eigenvalue weighted by molar-refractivity contribution is 6.30. The molecule has 0 radical (unpaired) electrons. The molecular weight excluding hydrogens is 340 g/mol. The van der Waals surface area contributed by atoms with Gasteiger partial charge in [0.1, 0.15) is 6.04 Å². The van der Waals surface area contributed by atoms with Crippen LogP contribution in [0.2, 0.25) is 5.02 Å². The molecule has 0 aliphatic carbocycles. The summed E-state index contributed by atoms with van der Waals surface area (Å²) in [5.74, 6) is -0.697. The van der Waals surface area contributed by atoms with Crippen LogP contribution in [0.25, 0.3) is 0 Å². The SMILES string of the molecule is CC(CO)NC(=O)C(Cc1ccccc1)NC(=O)c1ccc(Cl)cc1. The van der Waals surface area contributed by atoms with Crippen LogP contribution in [0.15, 0.2) is 54.6 Å². The summed E-state index contributed by atoms with van der Waals surface area (Å²) in [4.78, 5) is 24.9. The number of hydrogen-bond acceptors (Lipinski definition) is 3. The second kappa shape index (κ2) is 9.20. The van der Waals surface area contributed by atoms with Crippen molar-refractivity contribution in [2.24, 2.45) is 0 Å². The van der Waals surface area contributed by atoms with E-state index in [1.807, 2.05) is 30.3 Å². The maximum Gasteiger partial charge on any atom is 0.251 e. The molecule has 2 rings (SSSR count). The number of aliphatic hydroxyl groups is 1. The highest BCUT2D eigenvalue weighted by Crippen LogP contribution is 2.10. The molecule has 5 nitrogen and oxygen atoms in total. The standard InChI is InChI=1S/C19H21ClN2O3/c1-13(12-23)21-19(25)17(11-14-5-3-2-4-6-14)22-18(24)15-7-9-16(20)10-8-15/h2-10,13,17,23H,11-12H2,1H3,(H,21,25)(H,22,24). The molecule has 2 unspecified atom stereocenters. The molecule has 0 saturated carbocycles. The molecule has 0 aliphatic heterocycles. The first-order valence-electron chi connectivity index (χ1n) is 8.01. The highest BCUT2D eigenvalue weighted by atomic mass is 35.5. The Hall–Kier alpha value is -2.37. The fourth-order valence-corrected chi connectivity index (χ4v) is 2.42. The van der Waals surface area contributed by atoms with Gasteiger partial charge in [-0.3, -0.25) is 9.59 Å². The van der Waals surface area contributed by atoms with E-state index in [9.17, 15) is 9.59 Å². The number of hydrogen-bond donors (Lipinski definition) is 3. The van der Waals surface area contributed by atoms with Crippen LogP contribution in [0, 0.1) is 0 Å². The van der Waals surface area contributed by atoms with Crippen LogP contribution in [0.5, 0.6) is 0 Å². The molecule has 0 fully saturated rings. The van der Waals surface area contributed by atoms with E-state index < -0.39 is 12.1 Å². The summed E-state index contributed by atoms with van der Waals surface area (Å²) in [6.45, 7) is 1.52. The molecule has 132 valence electrons. The van der Waals surface area contributed by atoms with Crippen LogP contribution in [0.3, 0.4) is 0 Å². The first-order chi connectivity index (χ1) is 12.0. The van der Waals surface area contributed by atoms with Crippen LogP contribution in [0.1, 0.15) is 22.8 Å². The predicted octanol–water partition coefficient (Wildman–Crippen LogP) is 2.18. The second-order valence-electron chi connectivity index (χ2n) is 5.81. The minimum Gasteiger partial charge on any atom is -0.394 e. The van der Waals surface area contributed by atoms with Crippen LogP contribution < -0.4 is 10.6 Å². The average Bonchev–Trinajstić information content (AvgIpc) is 2.62. The van der Waals surface area contributed by atoms with Crippen LogP contribution >= 0.6 is 11.6 Å². The Labute approximate surface area is 152 Å². The summed E-state index contributed by atoms with van der Waals surface area (Å²) in [5.41, 5.74) is 1.35. The van der Waals surface area contributed by atoms with Gasteiger partial charge < -0.3 is 15.7 Å². The number of nitrogens with one attached hydrogen (secondary N) is 2. The van der Waals surface area contributed by atoms with Gasteiger partial charge in [0.2, 0.25) is 5.91 Å². The van der Waals surface area contributed by atoms with E-state index in [0.717, 1.165) is 5.56 Å². The van der Waals surface area contributed by atoms with Gasteiger partial charge in [0.25, 0.3) is 5.91 Å². The first kappa shape index (κ1) is 19.0. The van der Waals surface area contributed by atoms with Crippen molar-refractivity contribution in [2.75, 3.05) is 6.61 Å². The van der Waals surface area contributed by atoms with Crippen LogP contribution in [0.4, 0.5) is 0 Å². The molecule has 0 bridgehead atoms. The van der Waals surface area contributed by atoms with Crippen LogP contribution in [-0.2, 0) is 11.2 Å². The van der Waals surface area contributed by atoms with Crippen LogP contribution in [-0.4, -0.2) is 35.6 Å². The Morgan fingerprint density at radius 2 is 1.68 bits per heavy atom. The zero-order chi connectivity index (χ0) is 18.2. The molecular formula is C19H21ClN2O3. The quantitative estimate of drug-likeness (QED) is 0.708. The number of carbonyl (C=O) groups is 2. The van der Waals surface area contributed by atoms with Gasteiger partial charge in [0.05, 0.1) is 6.61 Å². The lowest BCUT2D eigenvalue weighted by atomic mass is 10.0. The van der Waals surface area contributed by atoms with E-state index in [0.29, 0.717) is 17.0 Å². The minimum absolute atomic E-state index is 0.172. The number of carbonyl (C=O) groups excluding carboxylic acids is 2. The average molecular weight is 361 g/mol. The Bertz CT molecular complexity index is 704. The predicted molar refractivity (Wildman–Crippen MR) is 97.5 cm³/mol. The molecule has 0 aromatic heterocycles. The lowest BCUT2D eigenvalue weighted by Crippen LogP contribution is -2.50. The van der Waals surface area contributed by atoms with Gasteiger partial charge in [-0.2, -0.15) is 0 Å². The third-order valence-corrected chi connectivity index (χ3v) is 3.93. The van der Waals surface area contributed by atoms with E-state index in [2.05, 4.69) is 10.6 Å². The Morgan fingerprint density at radius 3 is 2.28 bits per heavy atom. The molecule has 0 heterocycles. The number of benzene rings is 2. The number of amides is 2. The summed E-state index contributed by atoms with van der Waals surface area (Å²) in [7, 11) is 0. The molecule has 3 N–H and O–H groups in total. The maximum atomic E-state index is 12.5. The van der Waals surface area contributed by atoms with Crippen molar-refractivity contribution in [1.82, 2.24) is 10.6 Å². The van der Waals surface area contributed by atoms with Crippen molar-refractivity contribution in [3.05, 3.63) is 70.7 Å². The molecule has 0 saturated heterocycles. The third kappa shape index (κ3) is 5.89. The molecule has 0 spiro atoms. The fourth-order valence-electron chi connectivity index (χ4n) is 2.29. The minimum atomic E-state index is -0.750. The van der Waals surface area contributed by atoms with Crippen molar-refractivity contribution < 1.29 is 14.7 Å². The van der Waals surface area contributed by atoms with Crippen molar-refractivity contribution in [3.63, 3.8) is 0 Å². The van der Waals surface area contributed by atoms with E-state index in [4.69, 9.17) is 16.7 Å². The van der Waals surface area contributed by atoms with Gasteiger partial charge in [-0.1, -0.05) is 41.9 Å². The second-order valence-corrected chi connectivity index (χ2v) is 6.25. The van der Waals surface area contributed by atoms with Gasteiger partial charge in [0, 0.05) is 23.0 Å². The number of halogens is 1. The van der Waals surface area contributed by atoms with Gasteiger partial charge in [-0.05, 0) is 36.8 Å². The summed E-state index contributed by atoms with van der Waals surface area (Å²) >= 11 is 5.83. The monoisotopic (exact) mass is 360 g/mol. The fraction of sp³-hybridized carbons (Fsp3) is 0.263. The number of aliphatic hydroxyl groups excluding tert-OH is 1. The van der Waals surface area contributed by atoms with E-state index in [-0.39, 0.29) is 18.4 Å². The maximum absolute atomic E-state index is 12.5. The third-order valence-electron chi connectivity index (χ3n) is 3.67. The van der Waals surface area contributed by atoms with E-state index >= 15 is 0 Å². The molecule has 2 aromatic rings. The van der Waals surface area contributed by atoms with Gasteiger partial charge in [0.15, 0.2) is 0 Å². The highest BCUT2D eigenvalue weighted by Gasteiger charge is 2.23. The molecule has 2 atom stereocenters. The zero-order valence-corrected chi connectivity index (χ0v) is 14.7. The Morgan fingerprint density at radius 1 is 1.04 bits per heavy atom. The largest absolute Gasteiger partial charge is 0.394 e. The van der Waals surface area contributed by atoms with Gasteiger partial charge in [-0.25, -0.2) is 0 Å². The topological polar surface area (TPSA) is 78.4 Å².